The van der Waals surface area contributed by atoms with Crippen LogP contribution in [0.3, 0.4) is 0 Å². The number of benzene rings is 2. The van der Waals surface area contributed by atoms with Crippen LogP contribution in [0.15, 0.2) is 84.9 Å². The van der Waals surface area contributed by atoms with Crippen molar-refractivity contribution in [1.82, 2.24) is 19.1 Å². The van der Waals surface area contributed by atoms with Gasteiger partial charge in [-0.2, -0.15) is 0 Å². The number of aromatic nitrogens is 4. The summed E-state index contributed by atoms with van der Waals surface area (Å²) < 4.78 is 9.36. The van der Waals surface area contributed by atoms with Crippen molar-refractivity contribution in [1.29, 1.82) is 0 Å². The van der Waals surface area contributed by atoms with Crippen LogP contribution in [0, 0.1) is 0 Å². The maximum absolute atomic E-state index is 12.2. The van der Waals surface area contributed by atoms with E-state index in [1.165, 1.54) is 97.8 Å². The minimum Gasteiger partial charge on any atom is -0.870 e. The molecule has 8 rings (SSSR count). The van der Waals surface area contributed by atoms with Crippen LogP contribution in [-0.2, 0) is 18.8 Å². The summed E-state index contributed by atoms with van der Waals surface area (Å²) in [4.78, 5) is 32.6. The minimum atomic E-state index is -0.983. The van der Waals surface area contributed by atoms with Crippen molar-refractivity contribution in [2.45, 2.75) is 83.0 Å². The maximum atomic E-state index is 12.2. The molecule has 0 amide bonds. The van der Waals surface area contributed by atoms with Crippen molar-refractivity contribution < 1.29 is 54.5 Å². The molecule has 0 aliphatic heterocycles. The van der Waals surface area contributed by atoms with Crippen molar-refractivity contribution in [2.24, 2.45) is 14.1 Å². The van der Waals surface area contributed by atoms with Gasteiger partial charge in [-0.25, -0.2) is 19.6 Å². The predicted molar refractivity (Wildman–Crippen MR) is 209 cm³/mol. The number of esters is 1. The molecule has 276 valence electrons. The number of carboxylic acids is 1. The Hall–Kier alpha value is -4.28. The third-order valence-electron chi connectivity index (χ3n) is 11.0. The number of rotatable bonds is 7. The maximum Gasteiger partial charge on any atom is 1.00 e. The molecule has 4 heterocycles. The van der Waals surface area contributed by atoms with Crippen molar-refractivity contribution in [3.8, 4) is 22.5 Å². The second kappa shape index (κ2) is 18.4. The smallest absolute Gasteiger partial charge is 0.870 e. The summed E-state index contributed by atoms with van der Waals surface area (Å²) in [6, 6.07) is 28.3. The zero-order chi connectivity index (χ0) is 36.2. The van der Waals surface area contributed by atoms with Gasteiger partial charge in [0, 0.05) is 24.9 Å². The second-order valence-electron chi connectivity index (χ2n) is 14.2. The molecule has 2 aliphatic carbocycles. The summed E-state index contributed by atoms with van der Waals surface area (Å²) in [5, 5.41) is 11.6. The summed E-state index contributed by atoms with van der Waals surface area (Å²) in [6.07, 6.45) is 12.5. The molecule has 9 nitrogen and oxygen atoms in total. The Kier molecular flexibility index (Phi) is 13.9. The van der Waals surface area contributed by atoms with Crippen LogP contribution in [0.4, 0.5) is 0 Å². The number of carbonyl (C=O) groups is 2. The molecule has 0 atom stereocenters. The average molecular weight is 737 g/mol. The molecule has 2 N–H and O–H groups in total. The van der Waals surface area contributed by atoms with Crippen LogP contribution in [-0.4, -0.2) is 48.2 Å². The van der Waals surface area contributed by atoms with E-state index in [0.717, 1.165) is 22.1 Å². The number of carbonyl (C=O) groups excluding carboxylic acids is 1. The molecular formula is C44H49N4NaO5. The van der Waals surface area contributed by atoms with E-state index in [1.54, 1.807) is 12.1 Å². The number of ether oxygens (including phenoxy) is 1. The molecule has 6 aromatic rings. The molecule has 0 spiro atoms. The first-order chi connectivity index (χ1) is 25.4. The summed E-state index contributed by atoms with van der Waals surface area (Å²) in [7, 11) is 4.05. The van der Waals surface area contributed by atoms with Crippen molar-refractivity contribution in [3.63, 3.8) is 0 Å². The third-order valence-corrected chi connectivity index (χ3v) is 11.0. The van der Waals surface area contributed by atoms with E-state index in [2.05, 4.69) is 68.6 Å². The van der Waals surface area contributed by atoms with Crippen LogP contribution in [0.1, 0.15) is 115 Å². The van der Waals surface area contributed by atoms with Gasteiger partial charge in [0.15, 0.2) is 11.4 Å². The number of pyridine rings is 2. The molecule has 0 bridgehead atoms. The van der Waals surface area contributed by atoms with E-state index in [4.69, 9.17) is 4.74 Å². The summed E-state index contributed by atoms with van der Waals surface area (Å²) in [6.45, 7) is 2.17. The largest absolute Gasteiger partial charge is 1.00 e. The first-order valence-corrected chi connectivity index (χ1v) is 18.9. The van der Waals surface area contributed by atoms with Crippen molar-refractivity contribution >= 4 is 34.0 Å². The molecule has 0 unspecified atom stereocenters. The van der Waals surface area contributed by atoms with Gasteiger partial charge in [0.25, 0.3) is 0 Å². The Bertz CT molecular complexity index is 2200. The first-order valence-electron chi connectivity index (χ1n) is 18.9. The SMILES string of the molecule is CCOC(=O)c1ccc2c(C3CCCCC3)c(-c3ccccc3)n(C)c2n1.Cn1c(-c2ccccc2)c(C2CCCCC2)c2ccc(C(=O)O)nc21.[Na+].[OH-]. The fraction of sp³-hybridized carbons (Fsp3) is 0.364. The Balaban J connectivity index is 0.000000201. The fourth-order valence-electron chi connectivity index (χ4n) is 8.59. The second-order valence-corrected chi connectivity index (χ2v) is 14.2. The van der Waals surface area contributed by atoms with Gasteiger partial charge in [0.05, 0.1) is 18.0 Å². The summed E-state index contributed by atoms with van der Waals surface area (Å²) >= 11 is 0. The number of hydrogen-bond donors (Lipinski definition) is 1. The molecule has 2 aliphatic rings. The van der Waals surface area contributed by atoms with E-state index in [1.807, 2.05) is 44.3 Å². The molecule has 0 radical (unpaired) electrons. The topological polar surface area (TPSA) is 129 Å². The Morgan fingerprint density at radius 1 is 0.648 bits per heavy atom. The van der Waals surface area contributed by atoms with Crippen molar-refractivity contribution in [3.05, 3.63) is 107 Å². The van der Waals surface area contributed by atoms with Crippen LogP contribution >= 0.6 is 0 Å². The van der Waals surface area contributed by atoms with Gasteiger partial charge in [-0.3, -0.25) is 0 Å². The van der Waals surface area contributed by atoms with Crippen LogP contribution < -0.4 is 29.6 Å². The van der Waals surface area contributed by atoms with Gasteiger partial charge >= 0.3 is 41.5 Å². The standard InChI is InChI=1S/C23H26N2O2.C21H22N2O2.Na.H2O/c1-3-27-23(26)19-15-14-18-20(16-10-6-4-7-11-16)21(25(2)22(18)24-19)17-12-8-5-9-13-17;1-23-19(15-10-6-3-7-11-15)18(14-8-4-2-5-9-14)16-12-13-17(21(24)25)22-20(16)23;;/h5,8-9,12-16H,3-4,6-7,10-11H2,1-2H3;3,6-7,10-14H,2,4-5,8-9H2,1H3,(H,24,25);;1H2/q;;+1;/p-1. The monoisotopic (exact) mass is 736 g/mol. The molecule has 54 heavy (non-hydrogen) atoms. The Morgan fingerprint density at radius 3 is 1.46 bits per heavy atom. The minimum absolute atomic E-state index is 0. The van der Waals surface area contributed by atoms with E-state index in [0.29, 0.717) is 24.1 Å². The summed E-state index contributed by atoms with van der Waals surface area (Å²) in [5.74, 6) is -0.275. The third kappa shape index (κ3) is 8.20. The van der Waals surface area contributed by atoms with Gasteiger partial charge in [-0.05, 0) is 91.0 Å². The van der Waals surface area contributed by atoms with E-state index < -0.39 is 5.97 Å². The molecule has 0 saturated heterocycles. The van der Waals surface area contributed by atoms with Crippen LogP contribution in [0.2, 0.25) is 0 Å². The Labute approximate surface area is 339 Å². The van der Waals surface area contributed by atoms with Gasteiger partial charge in [0.1, 0.15) is 11.3 Å². The number of fused-ring (bicyclic) bond motifs is 2. The zero-order valence-electron chi connectivity index (χ0n) is 31.9. The van der Waals surface area contributed by atoms with Crippen LogP contribution in [0.5, 0.6) is 0 Å². The van der Waals surface area contributed by atoms with Gasteiger partial charge in [0.2, 0.25) is 0 Å². The van der Waals surface area contributed by atoms with Gasteiger partial charge < -0.3 is 24.5 Å². The van der Waals surface area contributed by atoms with Gasteiger partial charge in [-0.1, -0.05) is 99.2 Å². The number of nitrogens with zero attached hydrogens (tertiary/aromatic N) is 4. The van der Waals surface area contributed by atoms with Crippen molar-refractivity contribution in [2.75, 3.05) is 6.61 Å². The molecule has 2 fully saturated rings. The number of aryl methyl sites for hydroxylation is 2. The van der Waals surface area contributed by atoms with E-state index in [9.17, 15) is 14.7 Å². The molecular weight excluding hydrogens is 687 g/mol. The average Bonchev–Trinajstić information content (AvgIpc) is 3.66. The predicted octanol–water partition coefficient (Wildman–Crippen LogP) is 7.28. The van der Waals surface area contributed by atoms with Gasteiger partial charge in [-0.15, -0.1) is 0 Å². The molecule has 2 saturated carbocycles. The number of carboxylic acid groups (broad SMARTS) is 1. The number of hydrogen-bond acceptors (Lipinski definition) is 6. The van der Waals surface area contributed by atoms with E-state index >= 15 is 0 Å². The molecule has 4 aromatic heterocycles. The fourth-order valence-corrected chi connectivity index (χ4v) is 8.59. The summed E-state index contributed by atoms with van der Waals surface area (Å²) in [5.41, 5.74) is 9.61. The molecule has 2 aromatic carbocycles. The first kappa shape index (κ1) is 40.9. The van der Waals surface area contributed by atoms with E-state index in [-0.39, 0.29) is 46.7 Å². The number of aromatic carboxylic acids is 1. The Morgan fingerprint density at radius 2 is 1.06 bits per heavy atom. The molecule has 10 heteroatoms. The normalized spacial score (nSPS) is 14.8. The van der Waals surface area contributed by atoms with Crippen LogP contribution in [0.25, 0.3) is 44.6 Å². The quantitative estimate of drug-likeness (QED) is 0.135. The zero-order valence-corrected chi connectivity index (χ0v) is 33.9.